The topological polar surface area (TPSA) is 104 Å². The first-order chi connectivity index (χ1) is 13.0. The van der Waals surface area contributed by atoms with E-state index in [1.165, 1.54) is 0 Å². The molecule has 2 aromatic carbocycles. The predicted molar refractivity (Wildman–Crippen MR) is 99.0 cm³/mol. The second-order valence-electron chi connectivity index (χ2n) is 6.92. The molecule has 0 bridgehead atoms. The van der Waals surface area contributed by atoms with Gasteiger partial charge in [-0.25, -0.2) is 5.10 Å². The molecular weight excluding hydrogens is 342 g/mol. The van der Waals surface area contributed by atoms with Crippen molar-refractivity contribution in [1.29, 1.82) is 5.26 Å². The summed E-state index contributed by atoms with van der Waals surface area (Å²) in [6.07, 6.45) is 0. The monoisotopic (exact) mass is 359 g/mol. The van der Waals surface area contributed by atoms with Gasteiger partial charge in [0.05, 0.1) is 5.41 Å². The zero-order valence-corrected chi connectivity index (χ0v) is 14.9. The van der Waals surface area contributed by atoms with E-state index in [-0.39, 0.29) is 5.91 Å². The first-order valence-corrected chi connectivity index (χ1v) is 8.48. The van der Waals surface area contributed by atoms with Crippen LogP contribution < -0.4 is 10.1 Å². The van der Waals surface area contributed by atoms with Crippen molar-refractivity contribution in [3.05, 3.63) is 59.3 Å². The lowest BCUT2D eigenvalue weighted by atomic mass is 9.86. The fourth-order valence-electron chi connectivity index (χ4n) is 3.15. The van der Waals surface area contributed by atoms with Crippen LogP contribution in [0.15, 0.2) is 42.5 Å². The lowest BCUT2D eigenvalue weighted by Crippen LogP contribution is -2.26. The molecule has 0 fully saturated rings. The number of fused-ring (bicyclic) bond motifs is 1. The molecule has 4 rings (SSSR count). The van der Waals surface area contributed by atoms with Crippen LogP contribution in [0.2, 0.25) is 0 Å². The van der Waals surface area contributed by atoms with E-state index in [9.17, 15) is 4.79 Å². The summed E-state index contributed by atoms with van der Waals surface area (Å²) in [4.78, 5) is 12.1. The number of carbonyl (C=O) groups excluding carboxylic acids is 1. The molecule has 0 spiro atoms. The predicted octanol–water partition coefficient (Wildman–Crippen LogP) is 3.15. The Hall–Kier alpha value is -3.66. The van der Waals surface area contributed by atoms with Gasteiger partial charge in [0, 0.05) is 17.3 Å². The zero-order valence-electron chi connectivity index (χ0n) is 14.9. The molecular formula is C20H17N5O2. The summed E-state index contributed by atoms with van der Waals surface area (Å²) in [5.41, 5.74) is 3.80. The summed E-state index contributed by atoms with van der Waals surface area (Å²) in [7, 11) is 0. The van der Waals surface area contributed by atoms with E-state index >= 15 is 0 Å². The van der Waals surface area contributed by atoms with Crippen molar-refractivity contribution in [1.82, 2.24) is 15.4 Å². The lowest BCUT2D eigenvalue weighted by Gasteiger charge is -2.15. The summed E-state index contributed by atoms with van der Waals surface area (Å²) in [6, 6.07) is 15.3. The van der Waals surface area contributed by atoms with E-state index in [1.54, 1.807) is 0 Å². The third-order valence-corrected chi connectivity index (χ3v) is 4.75. The van der Waals surface area contributed by atoms with Crippen LogP contribution in [0.1, 0.15) is 30.7 Å². The molecule has 1 amide bonds. The average molecular weight is 359 g/mol. The first kappa shape index (κ1) is 16.8. The molecule has 0 saturated heterocycles. The number of nitrogens with one attached hydrogen (secondary N) is 2. The van der Waals surface area contributed by atoms with Gasteiger partial charge in [-0.15, -0.1) is 5.10 Å². The maximum Gasteiger partial charge on any atom is 0.234 e. The third-order valence-electron chi connectivity index (χ3n) is 4.75. The van der Waals surface area contributed by atoms with Gasteiger partial charge in [-0.3, -0.25) is 4.79 Å². The third kappa shape index (κ3) is 2.91. The second kappa shape index (κ2) is 6.25. The molecule has 0 saturated carbocycles. The van der Waals surface area contributed by atoms with Gasteiger partial charge in [0.25, 0.3) is 0 Å². The zero-order chi connectivity index (χ0) is 19.0. The molecule has 1 aromatic heterocycles. The number of aromatic amines is 1. The molecule has 2 N–H and O–H groups in total. The number of hydrogen-bond donors (Lipinski definition) is 2. The van der Waals surface area contributed by atoms with Crippen LogP contribution in [0.5, 0.6) is 5.75 Å². The number of rotatable bonds is 4. The van der Waals surface area contributed by atoms with Crippen molar-refractivity contribution < 1.29 is 9.53 Å². The Labute approximate surface area is 156 Å². The Bertz CT molecular complexity index is 1080. The van der Waals surface area contributed by atoms with Crippen molar-refractivity contribution >= 4 is 11.6 Å². The number of hydrogen-bond acceptors (Lipinski definition) is 5. The normalized spacial score (nSPS) is 14.3. The van der Waals surface area contributed by atoms with Crippen LogP contribution in [-0.4, -0.2) is 21.3 Å². The van der Waals surface area contributed by atoms with Gasteiger partial charge < -0.3 is 10.1 Å². The van der Waals surface area contributed by atoms with Crippen LogP contribution in [0, 0.1) is 11.3 Å². The number of aromatic nitrogens is 3. The Morgan fingerprint density at radius 1 is 1.22 bits per heavy atom. The molecule has 134 valence electrons. The second-order valence-corrected chi connectivity index (χ2v) is 6.92. The minimum absolute atomic E-state index is 0.0109. The Morgan fingerprint density at radius 2 is 2.07 bits per heavy atom. The number of nitriles is 1. The molecule has 7 nitrogen and oxygen atoms in total. The number of ether oxygens (including phenoxy) is 1. The van der Waals surface area contributed by atoms with E-state index < -0.39 is 5.41 Å². The van der Waals surface area contributed by atoms with Crippen LogP contribution in [0.3, 0.4) is 0 Å². The van der Waals surface area contributed by atoms with Crippen molar-refractivity contribution in [2.45, 2.75) is 25.9 Å². The van der Waals surface area contributed by atoms with Crippen LogP contribution in [0.4, 0.5) is 5.69 Å². The van der Waals surface area contributed by atoms with Gasteiger partial charge in [-0.2, -0.15) is 5.26 Å². The standard InChI is InChI=1S/C20H17N5O2/c1-20(2)15-7-6-14(9-16(15)22-19(20)26)27-11-12-4-3-5-13(8-12)18-17(10-21)23-25-24-18/h3-9H,11H2,1-2H3,(H,22,26)(H,23,24,25). The number of benzene rings is 2. The Balaban J connectivity index is 1.52. The van der Waals surface area contributed by atoms with E-state index in [1.807, 2.05) is 62.4 Å². The van der Waals surface area contributed by atoms with E-state index in [2.05, 4.69) is 20.7 Å². The Kier molecular flexibility index (Phi) is 3.89. The molecule has 0 radical (unpaired) electrons. The number of amides is 1. The quantitative estimate of drug-likeness (QED) is 0.745. The molecule has 0 aliphatic carbocycles. The van der Waals surface area contributed by atoms with Crippen molar-refractivity contribution in [3.63, 3.8) is 0 Å². The van der Waals surface area contributed by atoms with Crippen molar-refractivity contribution in [2.24, 2.45) is 0 Å². The molecule has 1 aliphatic heterocycles. The largest absolute Gasteiger partial charge is 0.489 e. The fraction of sp³-hybridized carbons (Fsp3) is 0.200. The van der Waals surface area contributed by atoms with Crippen LogP contribution in [0.25, 0.3) is 11.3 Å². The minimum atomic E-state index is -0.530. The van der Waals surface area contributed by atoms with E-state index in [0.29, 0.717) is 23.7 Å². The Morgan fingerprint density at radius 3 is 2.89 bits per heavy atom. The molecule has 2 heterocycles. The van der Waals surface area contributed by atoms with E-state index in [4.69, 9.17) is 10.00 Å². The highest BCUT2D eigenvalue weighted by atomic mass is 16.5. The molecule has 27 heavy (non-hydrogen) atoms. The van der Waals surface area contributed by atoms with Gasteiger partial charge >= 0.3 is 0 Å². The molecule has 7 heteroatoms. The molecule has 3 aromatic rings. The van der Waals surface area contributed by atoms with Gasteiger partial charge in [-0.05, 0) is 37.1 Å². The summed E-state index contributed by atoms with van der Waals surface area (Å²) >= 11 is 0. The highest BCUT2D eigenvalue weighted by Gasteiger charge is 2.38. The number of H-pyrrole nitrogens is 1. The maximum atomic E-state index is 12.1. The summed E-state index contributed by atoms with van der Waals surface area (Å²) in [5.74, 6) is 0.666. The number of nitrogens with zero attached hydrogens (tertiary/aromatic N) is 3. The van der Waals surface area contributed by atoms with Crippen LogP contribution in [-0.2, 0) is 16.8 Å². The van der Waals surface area contributed by atoms with E-state index in [0.717, 1.165) is 22.4 Å². The number of carbonyl (C=O) groups is 1. The smallest absolute Gasteiger partial charge is 0.234 e. The van der Waals surface area contributed by atoms with Crippen molar-refractivity contribution in [2.75, 3.05) is 5.32 Å². The van der Waals surface area contributed by atoms with Gasteiger partial charge in [-0.1, -0.05) is 29.5 Å². The lowest BCUT2D eigenvalue weighted by molar-refractivity contribution is -0.119. The SMILES string of the molecule is CC1(C)C(=O)Nc2cc(OCc3cccc(-c4nn[nH]c4C#N)c3)ccc21. The minimum Gasteiger partial charge on any atom is -0.489 e. The summed E-state index contributed by atoms with van der Waals surface area (Å²) in [5, 5.41) is 22.2. The number of anilines is 1. The van der Waals surface area contributed by atoms with Gasteiger partial charge in [0.2, 0.25) is 5.91 Å². The maximum absolute atomic E-state index is 12.1. The van der Waals surface area contributed by atoms with Crippen molar-refractivity contribution in [3.8, 4) is 23.1 Å². The average Bonchev–Trinajstić information content (AvgIpc) is 3.23. The summed E-state index contributed by atoms with van der Waals surface area (Å²) in [6.45, 7) is 4.16. The van der Waals surface area contributed by atoms with Gasteiger partial charge in [0.15, 0.2) is 5.69 Å². The first-order valence-electron chi connectivity index (χ1n) is 8.48. The fourth-order valence-corrected chi connectivity index (χ4v) is 3.15. The van der Waals surface area contributed by atoms with Crippen LogP contribution >= 0.6 is 0 Å². The van der Waals surface area contributed by atoms with Gasteiger partial charge in [0.1, 0.15) is 24.1 Å². The molecule has 1 aliphatic rings. The summed E-state index contributed by atoms with van der Waals surface area (Å²) < 4.78 is 5.89. The highest BCUT2D eigenvalue weighted by molar-refractivity contribution is 6.05. The highest BCUT2D eigenvalue weighted by Crippen LogP contribution is 2.39. The molecule has 0 unspecified atom stereocenters. The molecule has 0 atom stereocenters.